The fourth-order valence-corrected chi connectivity index (χ4v) is 2.66. The predicted molar refractivity (Wildman–Crippen MR) is 125 cm³/mol. The molecule has 0 bridgehead atoms. The van der Waals surface area contributed by atoms with Crippen molar-refractivity contribution >= 4 is 55.7 Å². The number of halogens is 2. The first-order valence-corrected chi connectivity index (χ1v) is 10.4. The summed E-state index contributed by atoms with van der Waals surface area (Å²) in [5, 5.41) is 24.7. The van der Waals surface area contributed by atoms with Crippen LogP contribution in [0, 0.1) is 0 Å². The molecule has 0 aliphatic carbocycles. The summed E-state index contributed by atoms with van der Waals surface area (Å²) in [7, 11) is 0. The summed E-state index contributed by atoms with van der Waals surface area (Å²) < 4.78 is 2.03. The van der Waals surface area contributed by atoms with Crippen molar-refractivity contribution in [3.05, 3.63) is 79.6 Å². The van der Waals surface area contributed by atoms with E-state index in [1.54, 1.807) is 26.3 Å². The average Bonchev–Trinajstić information content (AvgIpc) is 2.76. The van der Waals surface area contributed by atoms with Gasteiger partial charge >= 0.3 is 0 Å². The number of nitrogens with one attached hydrogen (secondary N) is 2. The van der Waals surface area contributed by atoms with Crippen LogP contribution < -0.4 is 21.8 Å². The van der Waals surface area contributed by atoms with Crippen LogP contribution in [0.25, 0.3) is 11.4 Å². The molecule has 0 radical (unpaired) electrons. The van der Waals surface area contributed by atoms with E-state index in [1.807, 2.05) is 48.5 Å². The highest BCUT2D eigenvalue weighted by molar-refractivity contribution is 9.10. The second-order valence-corrected chi connectivity index (χ2v) is 7.97. The van der Waals surface area contributed by atoms with E-state index in [4.69, 9.17) is 0 Å². The van der Waals surface area contributed by atoms with Gasteiger partial charge in [0.25, 0.3) is 0 Å². The van der Waals surface area contributed by atoms with Crippen LogP contribution in [0.4, 0.5) is 0 Å². The Hall–Kier alpha value is -2.98. The fourth-order valence-electron chi connectivity index (χ4n) is 2.13. The van der Waals surface area contributed by atoms with Gasteiger partial charge in [0.1, 0.15) is 0 Å². The first-order chi connectivity index (χ1) is 14.5. The molecule has 0 atom stereocenters. The molecule has 0 aliphatic heterocycles. The van der Waals surface area contributed by atoms with Gasteiger partial charge in [0.2, 0.25) is 11.0 Å². The number of hydrazone groups is 2. The lowest BCUT2D eigenvalue weighted by atomic mass is 10.2. The first-order valence-electron chi connectivity index (χ1n) is 8.86. The molecule has 152 valence electrons. The van der Waals surface area contributed by atoms with E-state index in [9.17, 15) is 0 Å². The molecule has 30 heavy (non-hydrogen) atoms. The summed E-state index contributed by atoms with van der Waals surface area (Å²) in [6.07, 6.45) is 3.41. The van der Waals surface area contributed by atoms with Gasteiger partial charge in [-0.25, -0.2) is 0 Å². The Morgan fingerprint density at radius 2 is 1.00 bits per heavy atom. The van der Waals surface area contributed by atoms with Gasteiger partial charge in [0, 0.05) is 8.95 Å². The molecule has 2 N–H and O–H groups in total. The SMILES string of the molecule is CC(N/N=C/c1ccc(Br)cc1)=c1nnc(=C(C)N/N=C/c2ccc(Br)cc2)nn1. The summed E-state index contributed by atoms with van der Waals surface area (Å²) in [4.78, 5) is 0. The zero-order chi connectivity index (χ0) is 21.3. The van der Waals surface area contributed by atoms with E-state index in [2.05, 4.69) is 73.3 Å². The molecule has 0 spiro atoms. The lowest BCUT2D eigenvalue weighted by molar-refractivity contribution is 0.750. The average molecular weight is 530 g/mol. The molecule has 10 heteroatoms. The molecule has 0 fully saturated rings. The molecular weight excluding hydrogens is 512 g/mol. The van der Waals surface area contributed by atoms with Crippen molar-refractivity contribution in [3.63, 3.8) is 0 Å². The molecule has 8 nitrogen and oxygen atoms in total. The van der Waals surface area contributed by atoms with Crippen LogP contribution in [0.3, 0.4) is 0 Å². The van der Waals surface area contributed by atoms with E-state index in [0.717, 1.165) is 20.1 Å². The highest BCUT2D eigenvalue weighted by atomic mass is 79.9. The highest BCUT2D eigenvalue weighted by Gasteiger charge is 1.97. The Labute approximate surface area is 190 Å². The number of hydrogen-bond acceptors (Lipinski definition) is 8. The molecule has 1 heterocycles. The molecule has 0 unspecified atom stereocenters. The van der Waals surface area contributed by atoms with Crippen molar-refractivity contribution in [3.8, 4) is 0 Å². The predicted octanol–water partition coefficient (Wildman–Crippen LogP) is 2.30. The third kappa shape index (κ3) is 6.53. The number of benzene rings is 2. The van der Waals surface area contributed by atoms with Crippen LogP contribution in [0.5, 0.6) is 0 Å². The van der Waals surface area contributed by atoms with Crippen molar-refractivity contribution in [2.75, 3.05) is 0 Å². The van der Waals surface area contributed by atoms with Crippen LogP contribution in [-0.4, -0.2) is 32.8 Å². The number of aromatic nitrogens is 4. The van der Waals surface area contributed by atoms with Crippen molar-refractivity contribution in [1.29, 1.82) is 0 Å². The lowest BCUT2D eigenvalue weighted by Crippen LogP contribution is -2.32. The van der Waals surface area contributed by atoms with Gasteiger partial charge in [-0.15, -0.1) is 20.4 Å². The van der Waals surface area contributed by atoms with Crippen molar-refractivity contribution in [1.82, 2.24) is 31.2 Å². The van der Waals surface area contributed by atoms with E-state index in [0.29, 0.717) is 22.4 Å². The Balaban J connectivity index is 1.65. The summed E-state index contributed by atoms with van der Waals surface area (Å²) in [5.74, 6) is 0. The maximum Gasteiger partial charge on any atom is 0.216 e. The maximum atomic E-state index is 4.18. The summed E-state index contributed by atoms with van der Waals surface area (Å²) >= 11 is 6.80. The zero-order valence-corrected chi connectivity index (χ0v) is 19.4. The van der Waals surface area contributed by atoms with Gasteiger partial charge in [-0.2, -0.15) is 10.2 Å². The Bertz CT molecular complexity index is 1050. The third-order valence-electron chi connectivity index (χ3n) is 3.78. The molecule has 2 aromatic carbocycles. The van der Waals surface area contributed by atoms with Crippen LogP contribution >= 0.6 is 31.9 Å². The summed E-state index contributed by atoms with van der Waals surface area (Å²) in [6.45, 7) is 3.60. The van der Waals surface area contributed by atoms with Gasteiger partial charge in [-0.05, 0) is 49.2 Å². The van der Waals surface area contributed by atoms with E-state index in [1.165, 1.54) is 0 Å². The zero-order valence-electron chi connectivity index (χ0n) is 16.2. The molecule has 0 saturated carbocycles. The maximum absolute atomic E-state index is 4.18. The monoisotopic (exact) mass is 528 g/mol. The second-order valence-electron chi connectivity index (χ2n) is 6.14. The highest BCUT2D eigenvalue weighted by Crippen LogP contribution is 2.09. The van der Waals surface area contributed by atoms with E-state index >= 15 is 0 Å². The van der Waals surface area contributed by atoms with Gasteiger partial charge in [0.15, 0.2) is 0 Å². The van der Waals surface area contributed by atoms with Crippen LogP contribution in [0.2, 0.25) is 0 Å². The molecule has 0 saturated heterocycles. The standard InChI is InChI=1S/C20H18Br2N8/c1-13(25-23-11-15-3-7-17(21)8-4-15)19-27-29-20(30-28-19)14(2)26-24-12-16-5-9-18(22)10-6-16/h3-12,25-26H,1-2H3/b19-13?,20-14?,23-11+,24-12+. The Kier molecular flexibility index (Phi) is 7.75. The number of nitrogens with zero attached hydrogens (tertiary/aromatic N) is 6. The molecule has 3 rings (SSSR count). The minimum atomic E-state index is 0.359. The topological polar surface area (TPSA) is 100 Å². The number of rotatable bonds is 6. The Morgan fingerprint density at radius 3 is 1.33 bits per heavy atom. The van der Waals surface area contributed by atoms with Crippen molar-refractivity contribution < 1.29 is 0 Å². The van der Waals surface area contributed by atoms with Gasteiger partial charge in [0.05, 0.1) is 23.8 Å². The smallest absolute Gasteiger partial charge is 0.216 e. The minimum Gasteiger partial charge on any atom is -0.279 e. The summed E-state index contributed by atoms with van der Waals surface area (Å²) in [5.41, 5.74) is 9.69. The first kappa shape index (κ1) is 21.7. The fraction of sp³-hybridized carbons (Fsp3) is 0.100. The van der Waals surface area contributed by atoms with Crippen LogP contribution in [0.15, 0.2) is 67.7 Å². The minimum absolute atomic E-state index is 0.359. The second kappa shape index (κ2) is 10.7. The van der Waals surface area contributed by atoms with Crippen LogP contribution in [0.1, 0.15) is 25.0 Å². The largest absolute Gasteiger partial charge is 0.279 e. The normalized spacial score (nSPS) is 11.1. The molecule has 0 aliphatic rings. The van der Waals surface area contributed by atoms with Gasteiger partial charge < -0.3 is 0 Å². The quantitative estimate of drug-likeness (QED) is 0.375. The van der Waals surface area contributed by atoms with Crippen molar-refractivity contribution in [2.45, 2.75) is 13.8 Å². The Morgan fingerprint density at radius 1 is 0.667 bits per heavy atom. The molecule has 3 aromatic rings. The van der Waals surface area contributed by atoms with Crippen LogP contribution in [-0.2, 0) is 0 Å². The van der Waals surface area contributed by atoms with Gasteiger partial charge in [-0.1, -0.05) is 56.1 Å². The molecular formula is C20H18Br2N8. The van der Waals surface area contributed by atoms with E-state index in [-0.39, 0.29) is 0 Å². The van der Waals surface area contributed by atoms with Crippen molar-refractivity contribution in [2.24, 2.45) is 10.2 Å². The number of hydrogen-bond donors (Lipinski definition) is 2. The molecule has 1 aromatic heterocycles. The summed E-state index contributed by atoms with van der Waals surface area (Å²) in [6, 6.07) is 15.6. The molecule has 0 amide bonds. The van der Waals surface area contributed by atoms with E-state index < -0.39 is 0 Å². The third-order valence-corrected chi connectivity index (χ3v) is 4.84. The van der Waals surface area contributed by atoms with Gasteiger partial charge in [-0.3, -0.25) is 10.9 Å². The lowest BCUT2D eigenvalue weighted by Gasteiger charge is -1.99.